The number of hydrogen-bond acceptors (Lipinski definition) is 1. The van der Waals surface area contributed by atoms with Crippen molar-refractivity contribution in [3.8, 4) is 5.75 Å². The molecule has 1 aliphatic heterocycles. The Kier molecular flexibility index (Phi) is 2.21. The molecule has 1 aliphatic rings. The molecule has 0 saturated carbocycles. The van der Waals surface area contributed by atoms with Crippen LogP contribution in [0.2, 0.25) is 0 Å². The highest BCUT2D eigenvalue weighted by atomic mass is 19.1. The van der Waals surface area contributed by atoms with E-state index in [1.54, 1.807) is 0 Å². The molecule has 0 spiro atoms. The van der Waals surface area contributed by atoms with E-state index >= 15 is 0 Å². The molecule has 1 aromatic carbocycles. The largest absolute Gasteiger partial charge is 0.493 e. The van der Waals surface area contributed by atoms with Crippen LogP contribution in [0.3, 0.4) is 0 Å². The second-order valence-electron chi connectivity index (χ2n) is 3.40. The molecule has 0 N–H and O–H groups in total. The predicted molar refractivity (Wildman–Crippen MR) is 49.6 cm³/mol. The Morgan fingerprint density at radius 1 is 1.46 bits per heavy atom. The van der Waals surface area contributed by atoms with Crippen molar-refractivity contribution in [3.05, 3.63) is 29.1 Å². The molecule has 2 heteroatoms. The molecule has 13 heavy (non-hydrogen) atoms. The van der Waals surface area contributed by atoms with Crippen molar-refractivity contribution in [1.82, 2.24) is 0 Å². The van der Waals surface area contributed by atoms with E-state index in [-0.39, 0.29) is 5.82 Å². The van der Waals surface area contributed by atoms with E-state index < -0.39 is 0 Å². The Bertz CT molecular complexity index is 320. The summed E-state index contributed by atoms with van der Waals surface area (Å²) < 4.78 is 18.6. The van der Waals surface area contributed by atoms with Gasteiger partial charge in [-0.05, 0) is 23.6 Å². The number of fused-ring (bicyclic) bond motifs is 1. The van der Waals surface area contributed by atoms with Gasteiger partial charge in [0.15, 0.2) is 0 Å². The molecule has 0 radical (unpaired) electrons. The second kappa shape index (κ2) is 3.36. The highest BCUT2D eigenvalue weighted by Crippen LogP contribution is 2.28. The van der Waals surface area contributed by atoms with Crippen molar-refractivity contribution in [1.29, 1.82) is 0 Å². The molecule has 1 aromatic rings. The first kappa shape index (κ1) is 8.54. The Morgan fingerprint density at radius 3 is 3.08 bits per heavy atom. The third kappa shape index (κ3) is 1.53. The maximum atomic E-state index is 13.4. The van der Waals surface area contributed by atoms with Crippen LogP contribution in [0.1, 0.15) is 24.5 Å². The third-order valence-corrected chi connectivity index (χ3v) is 2.38. The number of benzene rings is 1. The monoisotopic (exact) mass is 180 g/mol. The molecule has 0 unspecified atom stereocenters. The Morgan fingerprint density at radius 2 is 2.31 bits per heavy atom. The molecule has 70 valence electrons. The van der Waals surface area contributed by atoms with E-state index in [1.807, 2.05) is 6.07 Å². The highest BCUT2D eigenvalue weighted by molar-refractivity contribution is 5.40. The van der Waals surface area contributed by atoms with Crippen molar-refractivity contribution < 1.29 is 9.13 Å². The van der Waals surface area contributed by atoms with Crippen LogP contribution < -0.4 is 4.74 Å². The fraction of sp³-hybridized carbons (Fsp3) is 0.455. The number of halogens is 1. The summed E-state index contributed by atoms with van der Waals surface area (Å²) in [6.45, 7) is 2.76. The minimum atomic E-state index is -0.123. The fourth-order valence-electron chi connectivity index (χ4n) is 1.71. The Labute approximate surface area is 77.5 Å². The normalized spacial score (nSPS) is 14.0. The van der Waals surface area contributed by atoms with Crippen molar-refractivity contribution >= 4 is 0 Å². The summed E-state index contributed by atoms with van der Waals surface area (Å²) in [5, 5.41) is 0. The zero-order valence-corrected chi connectivity index (χ0v) is 7.77. The second-order valence-corrected chi connectivity index (χ2v) is 3.40. The summed E-state index contributed by atoms with van der Waals surface area (Å²) in [6, 6.07) is 3.47. The van der Waals surface area contributed by atoms with Crippen LogP contribution in [0.5, 0.6) is 5.75 Å². The molecule has 2 rings (SSSR count). The summed E-state index contributed by atoms with van der Waals surface area (Å²) in [5.41, 5.74) is 1.98. The first-order chi connectivity index (χ1) is 6.31. The SMILES string of the molecule is CCCc1cc2c(cc1F)OCC2. The third-order valence-electron chi connectivity index (χ3n) is 2.38. The Hall–Kier alpha value is -1.05. The van der Waals surface area contributed by atoms with Crippen LogP contribution in [-0.4, -0.2) is 6.61 Å². The van der Waals surface area contributed by atoms with Crippen LogP contribution in [0.25, 0.3) is 0 Å². The molecule has 0 bridgehead atoms. The summed E-state index contributed by atoms with van der Waals surface area (Å²) in [7, 11) is 0. The highest BCUT2D eigenvalue weighted by Gasteiger charge is 2.15. The van der Waals surface area contributed by atoms with E-state index in [1.165, 1.54) is 6.07 Å². The van der Waals surface area contributed by atoms with Crippen molar-refractivity contribution in [2.45, 2.75) is 26.2 Å². The molecule has 0 atom stereocenters. The quantitative estimate of drug-likeness (QED) is 0.680. The average molecular weight is 180 g/mol. The van der Waals surface area contributed by atoms with Crippen LogP contribution in [0.15, 0.2) is 12.1 Å². The number of hydrogen-bond donors (Lipinski definition) is 0. The topological polar surface area (TPSA) is 9.23 Å². The molecule has 0 amide bonds. The lowest BCUT2D eigenvalue weighted by atomic mass is 10.0. The van der Waals surface area contributed by atoms with Gasteiger partial charge in [-0.15, -0.1) is 0 Å². The van der Waals surface area contributed by atoms with Gasteiger partial charge in [0.2, 0.25) is 0 Å². The van der Waals surface area contributed by atoms with Crippen LogP contribution in [0, 0.1) is 5.82 Å². The molecule has 1 heterocycles. The summed E-state index contributed by atoms with van der Waals surface area (Å²) >= 11 is 0. The van der Waals surface area contributed by atoms with E-state index in [9.17, 15) is 4.39 Å². The smallest absolute Gasteiger partial charge is 0.130 e. The standard InChI is InChI=1S/C11H13FO/c1-2-3-8-6-9-4-5-13-11(9)7-10(8)12/h6-7H,2-5H2,1H3. The molecular weight excluding hydrogens is 167 g/mol. The van der Waals surface area contributed by atoms with Crippen LogP contribution >= 0.6 is 0 Å². The van der Waals surface area contributed by atoms with Gasteiger partial charge in [-0.1, -0.05) is 13.3 Å². The molecular formula is C11H13FO. The minimum Gasteiger partial charge on any atom is -0.493 e. The first-order valence-electron chi connectivity index (χ1n) is 4.75. The summed E-state index contributed by atoms with van der Waals surface area (Å²) in [4.78, 5) is 0. The van der Waals surface area contributed by atoms with Gasteiger partial charge in [0.25, 0.3) is 0 Å². The van der Waals surface area contributed by atoms with Crippen LogP contribution in [0.4, 0.5) is 4.39 Å². The first-order valence-corrected chi connectivity index (χ1v) is 4.75. The number of ether oxygens (including phenoxy) is 1. The van der Waals surface area contributed by atoms with Gasteiger partial charge in [-0.3, -0.25) is 0 Å². The number of aryl methyl sites for hydroxylation is 1. The lowest BCUT2D eigenvalue weighted by Crippen LogP contribution is -1.91. The molecule has 0 aromatic heterocycles. The zero-order chi connectivity index (χ0) is 9.26. The molecule has 0 aliphatic carbocycles. The fourth-order valence-corrected chi connectivity index (χ4v) is 1.71. The van der Waals surface area contributed by atoms with E-state index in [2.05, 4.69) is 6.92 Å². The van der Waals surface area contributed by atoms with Gasteiger partial charge in [-0.2, -0.15) is 0 Å². The van der Waals surface area contributed by atoms with Gasteiger partial charge < -0.3 is 4.74 Å². The van der Waals surface area contributed by atoms with E-state index in [4.69, 9.17) is 4.74 Å². The predicted octanol–water partition coefficient (Wildman–Crippen LogP) is 2.71. The van der Waals surface area contributed by atoms with Gasteiger partial charge in [0.1, 0.15) is 11.6 Å². The lowest BCUT2D eigenvalue weighted by molar-refractivity contribution is 0.355. The lowest BCUT2D eigenvalue weighted by Gasteiger charge is -2.04. The van der Waals surface area contributed by atoms with Gasteiger partial charge in [-0.25, -0.2) is 4.39 Å². The van der Waals surface area contributed by atoms with Crippen molar-refractivity contribution in [3.63, 3.8) is 0 Å². The minimum absolute atomic E-state index is 0.123. The van der Waals surface area contributed by atoms with Crippen molar-refractivity contribution in [2.75, 3.05) is 6.61 Å². The van der Waals surface area contributed by atoms with Gasteiger partial charge in [0.05, 0.1) is 6.61 Å². The Balaban J connectivity index is 2.37. The maximum absolute atomic E-state index is 13.4. The van der Waals surface area contributed by atoms with E-state index in [0.29, 0.717) is 6.61 Å². The van der Waals surface area contributed by atoms with E-state index in [0.717, 1.165) is 36.1 Å². The zero-order valence-electron chi connectivity index (χ0n) is 7.77. The number of rotatable bonds is 2. The van der Waals surface area contributed by atoms with Crippen LogP contribution in [-0.2, 0) is 12.8 Å². The average Bonchev–Trinajstić information content (AvgIpc) is 2.52. The van der Waals surface area contributed by atoms with Gasteiger partial charge >= 0.3 is 0 Å². The van der Waals surface area contributed by atoms with Gasteiger partial charge in [0, 0.05) is 12.5 Å². The summed E-state index contributed by atoms with van der Waals surface area (Å²) in [6.07, 6.45) is 2.72. The maximum Gasteiger partial charge on any atom is 0.130 e. The molecule has 0 saturated heterocycles. The molecule has 0 fully saturated rings. The van der Waals surface area contributed by atoms with Crippen molar-refractivity contribution in [2.24, 2.45) is 0 Å². The summed E-state index contributed by atoms with van der Waals surface area (Å²) in [5.74, 6) is 0.611. The molecule has 1 nitrogen and oxygen atoms in total.